The third-order valence-electron chi connectivity index (χ3n) is 0.662. The number of allylic oxidation sites excluding steroid dienone is 2. The van der Waals surface area contributed by atoms with Crippen molar-refractivity contribution in [2.24, 2.45) is 0 Å². The Bertz CT molecular complexity index is 74.5. The molecule has 0 aliphatic rings. The van der Waals surface area contributed by atoms with Crippen LogP contribution in [-0.2, 0) is 0 Å². The summed E-state index contributed by atoms with van der Waals surface area (Å²) in [6, 6.07) is 0. The van der Waals surface area contributed by atoms with E-state index in [4.69, 9.17) is 0 Å². The van der Waals surface area contributed by atoms with E-state index in [2.05, 4.69) is 24.6 Å². The van der Waals surface area contributed by atoms with Gasteiger partial charge in [0, 0.05) is 0 Å². The molecule has 0 aromatic heterocycles. The fourth-order valence-corrected chi connectivity index (χ4v) is 1.24. The van der Waals surface area contributed by atoms with E-state index in [0.29, 0.717) is 0 Å². The molecule has 0 saturated heterocycles. The standard InChI is InChI=1S/C7H12Se/c1-3-5-6-7-8-4-2/h3,6-7H,1,4-5H2,2H3/b7-6+. The first-order valence-corrected chi connectivity index (χ1v) is 4.99. The first-order valence-electron chi connectivity index (χ1n) is 2.79. The molecule has 0 fully saturated rings. The van der Waals surface area contributed by atoms with Crippen LogP contribution in [0.3, 0.4) is 0 Å². The molecule has 0 unspecified atom stereocenters. The van der Waals surface area contributed by atoms with Gasteiger partial charge in [0.1, 0.15) is 0 Å². The molecule has 1 heteroatoms. The van der Waals surface area contributed by atoms with Crippen molar-refractivity contribution in [2.75, 3.05) is 0 Å². The van der Waals surface area contributed by atoms with Gasteiger partial charge in [0.15, 0.2) is 0 Å². The summed E-state index contributed by atoms with van der Waals surface area (Å²) < 4.78 is 0. The molecule has 0 aliphatic carbocycles. The van der Waals surface area contributed by atoms with E-state index >= 15 is 0 Å². The Morgan fingerprint density at radius 2 is 2.38 bits per heavy atom. The third kappa shape index (κ3) is 6.00. The molecule has 0 heterocycles. The van der Waals surface area contributed by atoms with Crippen LogP contribution >= 0.6 is 0 Å². The maximum absolute atomic E-state index is 3.61. The van der Waals surface area contributed by atoms with Gasteiger partial charge in [-0.1, -0.05) is 0 Å². The van der Waals surface area contributed by atoms with Crippen molar-refractivity contribution in [3.05, 3.63) is 23.7 Å². The van der Waals surface area contributed by atoms with Crippen LogP contribution in [0.15, 0.2) is 23.7 Å². The van der Waals surface area contributed by atoms with E-state index in [0.717, 1.165) is 21.4 Å². The van der Waals surface area contributed by atoms with Crippen LogP contribution in [0.2, 0.25) is 5.32 Å². The second-order valence-electron chi connectivity index (χ2n) is 1.35. The normalized spacial score (nSPS) is 10.1. The van der Waals surface area contributed by atoms with Crippen molar-refractivity contribution < 1.29 is 0 Å². The molecule has 0 spiro atoms. The Labute approximate surface area is 57.8 Å². The predicted molar refractivity (Wildman–Crippen MR) is 40.2 cm³/mol. The second kappa shape index (κ2) is 7.00. The Morgan fingerprint density at radius 1 is 1.62 bits per heavy atom. The van der Waals surface area contributed by atoms with E-state index < -0.39 is 0 Å². The van der Waals surface area contributed by atoms with Gasteiger partial charge in [-0.25, -0.2) is 0 Å². The minimum absolute atomic E-state index is 0.739. The Kier molecular flexibility index (Phi) is 7.00. The van der Waals surface area contributed by atoms with Crippen molar-refractivity contribution >= 4 is 15.0 Å². The van der Waals surface area contributed by atoms with Gasteiger partial charge in [-0.2, -0.15) is 0 Å². The summed E-state index contributed by atoms with van der Waals surface area (Å²) >= 11 is 0.739. The molecule has 0 bridgehead atoms. The molecule has 0 rings (SSSR count). The molecule has 0 radical (unpaired) electrons. The molecule has 46 valence electrons. The zero-order chi connectivity index (χ0) is 6.24. The molecular weight excluding hydrogens is 163 g/mol. The summed E-state index contributed by atoms with van der Waals surface area (Å²) in [7, 11) is 0. The fourth-order valence-electron chi connectivity index (χ4n) is 0.316. The number of hydrogen-bond acceptors (Lipinski definition) is 0. The van der Waals surface area contributed by atoms with Gasteiger partial charge in [-0.05, 0) is 0 Å². The van der Waals surface area contributed by atoms with Crippen LogP contribution in [-0.4, -0.2) is 15.0 Å². The monoisotopic (exact) mass is 176 g/mol. The van der Waals surface area contributed by atoms with E-state index in [1.807, 2.05) is 6.08 Å². The van der Waals surface area contributed by atoms with Crippen molar-refractivity contribution in [3.8, 4) is 0 Å². The zero-order valence-corrected chi connectivity index (χ0v) is 6.97. The number of hydrogen-bond donors (Lipinski definition) is 0. The van der Waals surface area contributed by atoms with Gasteiger partial charge in [0.25, 0.3) is 0 Å². The van der Waals surface area contributed by atoms with Gasteiger partial charge < -0.3 is 0 Å². The van der Waals surface area contributed by atoms with Crippen LogP contribution < -0.4 is 0 Å². The van der Waals surface area contributed by atoms with Gasteiger partial charge in [0.2, 0.25) is 0 Å². The Hall–Kier alpha value is -0.000519. The zero-order valence-electron chi connectivity index (χ0n) is 5.26. The quantitative estimate of drug-likeness (QED) is 0.454. The molecule has 0 aromatic carbocycles. The van der Waals surface area contributed by atoms with E-state index in [-0.39, 0.29) is 0 Å². The summed E-state index contributed by atoms with van der Waals surface area (Å²) in [5.74, 6) is 0. The van der Waals surface area contributed by atoms with Gasteiger partial charge in [0.05, 0.1) is 0 Å². The van der Waals surface area contributed by atoms with Crippen LogP contribution in [0.5, 0.6) is 0 Å². The average Bonchev–Trinajstić information content (AvgIpc) is 1.81. The molecule has 0 nitrogen and oxygen atoms in total. The van der Waals surface area contributed by atoms with Crippen molar-refractivity contribution in [2.45, 2.75) is 18.7 Å². The summed E-state index contributed by atoms with van der Waals surface area (Å²) in [5, 5.41) is 1.31. The van der Waals surface area contributed by atoms with E-state index in [1.54, 1.807) is 0 Å². The van der Waals surface area contributed by atoms with Crippen molar-refractivity contribution in [1.82, 2.24) is 0 Å². The van der Waals surface area contributed by atoms with E-state index in [9.17, 15) is 0 Å². The SMILES string of the molecule is C=CC/C=C/[Se]CC. The summed E-state index contributed by atoms with van der Waals surface area (Å²) in [5.41, 5.74) is 0. The molecule has 0 atom stereocenters. The van der Waals surface area contributed by atoms with Crippen LogP contribution in [0.25, 0.3) is 0 Å². The third-order valence-corrected chi connectivity index (χ3v) is 2.17. The molecule has 0 aliphatic heterocycles. The van der Waals surface area contributed by atoms with Gasteiger partial charge in [-0.15, -0.1) is 0 Å². The maximum atomic E-state index is 3.61. The molecule has 0 N–H and O–H groups in total. The topological polar surface area (TPSA) is 0 Å². The van der Waals surface area contributed by atoms with Crippen LogP contribution in [0.4, 0.5) is 0 Å². The average molecular weight is 175 g/mol. The van der Waals surface area contributed by atoms with E-state index in [1.165, 1.54) is 5.32 Å². The Morgan fingerprint density at radius 3 is 2.88 bits per heavy atom. The number of rotatable bonds is 4. The van der Waals surface area contributed by atoms with Crippen LogP contribution in [0.1, 0.15) is 13.3 Å². The summed E-state index contributed by atoms with van der Waals surface area (Å²) in [4.78, 5) is 2.26. The molecule has 0 saturated carbocycles. The minimum atomic E-state index is 0.739. The van der Waals surface area contributed by atoms with Crippen molar-refractivity contribution in [3.63, 3.8) is 0 Å². The fraction of sp³-hybridized carbons (Fsp3) is 0.429. The molecule has 0 amide bonds. The molecule has 0 aromatic rings. The summed E-state index contributed by atoms with van der Waals surface area (Å²) in [6.45, 7) is 5.82. The van der Waals surface area contributed by atoms with Gasteiger partial charge >= 0.3 is 57.3 Å². The molecular formula is C7H12Se. The van der Waals surface area contributed by atoms with Crippen LogP contribution in [0, 0.1) is 0 Å². The first kappa shape index (κ1) is 8.00. The molecule has 8 heavy (non-hydrogen) atoms. The first-order chi connectivity index (χ1) is 3.91. The second-order valence-corrected chi connectivity index (χ2v) is 3.83. The summed E-state index contributed by atoms with van der Waals surface area (Å²) in [6.07, 6.45) is 5.13. The van der Waals surface area contributed by atoms with Crippen molar-refractivity contribution in [1.29, 1.82) is 0 Å². The predicted octanol–water partition coefficient (Wildman–Crippen LogP) is 2.22. The van der Waals surface area contributed by atoms with Gasteiger partial charge in [-0.3, -0.25) is 0 Å². The Balaban J connectivity index is 2.94.